The summed E-state index contributed by atoms with van der Waals surface area (Å²) in [4.78, 5) is 11.9. The Morgan fingerprint density at radius 1 is 1.58 bits per heavy atom. The zero-order valence-corrected chi connectivity index (χ0v) is 10.4. The average molecular weight is 269 g/mol. The van der Waals surface area contributed by atoms with Crippen molar-refractivity contribution in [2.24, 2.45) is 10.9 Å². The lowest BCUT2D eigenvalue weighted by Crippen LogP contribution is -2.37. The highest BCUT2D eigenvalue weighted by atomic mass is 19.1. The summed E-state index contributed by atoms with van der Waals surface area (Å²) in [6.07, 6.45) is 0.741. The number of halogens is 1. The predicted molar refractivity (Wildman–Crippen MR) is 67.6 cm³/mol. The third-order valence-electron chi connectivity index (χ3n) is 2.62. The number of nitrogens with two attached hydrogens (primary N) is 1. The van der Waals surface area contributed by atoms with E-state index in [0.717, 1.165) is 12.1 Å². The summed E-state index contributed by atoms with van der Waals surface area (Å²) >= 11 is 0. The number of oxime groups is 1. The molecule has 5 N–H and O–H groups in total. The molecule has 0 aliphatic heterocycles. The van der Waals surface area contributed by atoms with Crippen LogP contribution in [-0.4, -0.2) is 28.1 Å². The fourth-order valence-corrected chi connectivity index (χ4v) is 1.55. The van der Waals surface area contributed by atoms with Gasteiger partial charge in [0.1, 0.15) is 17.4 Å². The van der Waals surface area contributed by atoms with E-state index in [-0.39, 0.29) is 23.9 Å². The quantitative estimate of drug-likeness (QED) is 0.278. The molecule has 0 bridgehead atoms. The van der Waals surface area contributed by atoms with Gasteiger partial charge in [0.2, 0.25) is 0 Å². The maximum absolute atomic E-state index is 12.8. The van der Waals surface area contributed by atoms with Crippen molar-refractivity contribution >= 4 is 11.7 Å². The van der Waals surface area contributed by atoms with Crippen LogP contribution in [0, 0.1) is 5.82 Å². The minimum Gasteiger partial charge on any atom is -0.507 e. The Hall–Kier alpha value is -2.31. The van der Waals surface area contributed by atoms with Gasteiger partial charge in [-0.25, -0.2) is 4.39 Å². The van der Waals surface area contributed by atoms with Crippen molar-refractivity contribution in [1.82, 2.24) is 5.32 Å². The lowest BCUT2D eigenvalue weighted by molar-refractivity contribution is 0.0934. The molecular formula is C12H16FN3O3. The lowest BCUT2D eigenvalue weighted by atomic mass is 10.1. The molecule has 19 heavy (non-hydrogen) atoms. The number of amidine groups is 1. The van der Waals surface area contributed by atoms with E-state index in [1.54, 1.807) is 0 Å². The third kappa shape index (κ3) is 4.13. The van der Waals surface area contributed by atoms with E-state index in [2.05, 4.69) is 10.5 Å². The number of nitrogens with zero attached hydrogens (tertiary/aromatic N) is 1. The molecule has 0 radical (unpaired) electrons. The highest BCUT2D eigenvalue weighted by Crippen LogP contribution is 2.18. The normalized spacial score (nSPS) is 13.1. The van der Waals surface area contributed by atoms with Crippen molar-refractivity contribution in [3.63, 3.8) is 0 Å². The molecule has 0 aromatic heterocycles. The predicted octanol–water partition coefficient (Wildman–Crippen LogP) is 1.18. The molecular weight excluding hydrogens is 253 g/mol. The number of amides is 1. The van der Waals surface area contributed by atoms with Crippen LogP contribution in [0.4, 0.5) is 4.39 Å². The summed E-state index contributed by atoms with van der Waals surface area (Å²) in [5, 5.41) is 23.4. The fourth-order valence-electron chi connectivity index (χ4n) is 1.55. The van der Waals surface area contributed by atoms with Crippen LogP contribution in [-0.2, 0) is 0 Å². The Balaban J connectivity index is 2.77. The number of nitrogens with one attached hydrogen (secondary N) is 1. The summed E-state index contributed by atoms with van der Waals surface area (Å²) in [5.74, 6) is -1.61. The minimum absolute atomic E-state index is 0.00419. The summed E-state index contributed by atoms with van der Waals surface area (Å²) in [6, 6.07) is 2.79. The molecule has 0 heterocycles. The highest BCUT2D eigenvalue weighted by molar-refractivity contribution is 5.97. The zero-order valence-electron chi connectivity index (χ0n) is 10.4. The average Bonchev–Trinajstić information content (AvgIpc) is 2.37. The lowest BCUT2D eigenvalue weighted by Gasteiger charge is -2.16. The second-order valence-corrected chi connectivity index (χ2v) is 4.04. The van der Waals surface area contributed by atoms with Crippen LogP contribution in [0.15, 0.2) is 23.4 Å². The summed E-state index contributed by atoms with van der Waals surface area (Å²) < 4.78 is 12.8. The first-order chi connectivity index (χ1) is 8.97. The van der Waals surface area contributed by atoms with Crippen molar-refractivity contribution in [2.75, 3.05) is 0 Å². The molecule has 0 aliphatic rings. The number of phenolic OH excluding ortho intramolecular Hbond substituents is 1. The first-order valence-corrected chi connectivity index (χ1v) is 5.73. The van der Waals surface area contributed by atoms with Gasteiger partial charge in [-0.05, 0) is 18.6 Å². The van der Waals surface area contributed by atoms with E-state index in [4.69, 9.17) is 10.9 Å². The maximum atomic E-state index is 12.8. The van der Waals surface area contributed by atoms with Gasteiger partial charge in [0.15, 0.2) is 0 Å². The topological polar surface area (TPSA) is 108 Å². The van der Waals surface area contributed by atoms with E-state index in [1.807, 2.05) is 6.92 Å². The molecule has 6 nitrogen and oxygen atoms in total. The number of benzene rings is 1. The van der Waals surface area contributed by atoms with Gasteiger partial charge < -0.3 is 21.4 Å². The van der Waals surface area contributed by atoms with Gasteiger partial charge in [0.05, 0.1) is 5.56 Å². The Labute approximate surface area is 109 Å². The van der Waals surface area contributed by atoms with E-state index in [0.29, 0.717) is 6.42 Å². The van der Waals surface area contributed by atoms with Crippen LogP contribution in [0.3, 0.4) is 0 Å². The molecule has 1 aromatic rings. The van der Waals surface area contributed by atoms with Crippen molar-refractivity contribution < 1.29 is 19.5 Å². The van der Waals surface area contributed by atoms with Crippen LogP contribution in [0.2, 0.25) is 0 Å². The second-order valence-electron chi connectivity index (χ2n) is 4.04. The number of rotatable bonds is 5. The number of hydrogen-bond donors (Lipinski definition) is 4. The molecule has 1 unspecified atom stereocenters. The van der Waals surface area contributed by atoms with E-state index in [9.17, 15) is 14.3 Å². The van der Waals surface area contributed by atoms with E-state index < -0.39 is 17.5 Å². The summed E-state index contributed by atoms with van der Waals surface area (Å²) in [7, 11) is 0. The largest absolute Gasteiger partial charge is 0.507 e. The number of phenols is 1. The smallest absolute Gasteiger partial charge is 0.255 e. The SMILES string of the molecule is CCC(C/C(N)=N/O)NC(=O)c1ccc(F)cc1O. The molecule has 0 spiro atoms. The van der Waals surface area contributed by atoms with Gasteiger partial charge >= 0.3 is 0 Å². The summed E-state index contributed by atoms with van der Waals surface area (Å²) in [6.45, 7) is 1.82. The van der Waals surface area contributed by atoms with Gasteiger partial charge in [0.25, 0.3) is 5.91 Å². The fraction of sp³-hybridized carbons (Fsp3) is 0.333. The molecule has 0 fully saturated rings. The van der Waals surface area contributed by atoms with Gasteiger partial charge in [0, 0.05) is 18.5 Å². The molecule has 0 saturated carbocycles. The van der Waals surface area contributed by atoms with Crippen molar-refractivity contribution in [3.05, 3.63) is 29.6 Å². The molecule has 0 aliphatic carbocycles. The first kappa shape index (κ1) is 14.7. The van der Waals surface area contributed by atoms with Crippen molar-refractivity contribution in [1.29, 1.82) is 0 Å². The first-order valence-electron chi connectivity index (χ1n) is 5.73. The molecule has 1 atom stereocenters. The van der Waals surface area contributed by atoms with Crippen LogP contribution in [0.25, 0.3) is 0 Å². The number of carbonyl (C=O) groups is 1. The zero-order chi connectivity index (χ0) is 14.4. The molecule has 1 rings (SSSR count). The highest BCUT2D eigenvalue weighted by Gasteiger charge is 2.16. The molecule has 1 amide bonds. The number of hydrogen-bond acceptors (Lipinski definition) is 4. The van der Waals surface area contributed by atoms with Gasteiger partial charge in [-0.1, -0.05) is 12.1 Å². The van der Waals surface area contributed by atoms with Crippen LogP contribution < -0.4 is 11.1 Å². The van der Waals surface area contributed by atoms with Gasteiger partial charge in [-0.2, -0.15) is 0 Å². The Bertz CT molecular complexity index is 491. The standard InChI is InChI=1S/C12H16FN3O3/c1-2-8(6-11(14)16-19)15-12(18)9-4-3-7(13)5-10(9)17/h3-5,8,17,19H,2,6H2,1H3,(H2,14,16)(H,15,18). The Kier molecular flexibility index (Phi) is 5.11. The number of carbonyl (C=O) groups excluding carboxylic acids is 1. The molecule has 0 saturated heterocycles. The Morgan fingerprint density at radius 3 is 2.79 bits per heavy atom. The van der Waals surface area contributed by atoms with Crippen LogP contribution in [0.5, 0.6) is 5.75 Å². The molecule has 104 valence electrons. The monoisotopic (exact) mass is 269 g/mol. The third-order valence-corrected chi connectivity index (χ3v) is 2.62. The minimum atomic E-state index is -0.627. The van der Waals surface area contributed by atoms with E-state index >= 15 is 0 Å². The number of aromatic hydroxyl groups is 1. The van der Waals surface area contributed by atoms with E-state index in [1.165, 1.54) is 6.07 Å². The van der Waals surface area contributed by atoms with Gasteiger partial charge in [-0.3, -0.25) is 4.79 Å². The Morgan fingerprint density at radius 2 is 2.26 bits per heavy atom. The van der Waals surface area contributed by atoms with Crippen molar-refractivity contribution in [3.8, 4) is 5.75 Å². The second kappa shape index (κ2) is 6.58. The van der Waals surface area contributed by atoms with Crippen molar-refractivity contribution in [2.45, 2.75) is 25.8 Å². The van der Waals surface area contributed by atoms with Crippen LogP contribution in [0.1, 0.15) is 30.1 Å². The van der Waals surface area contributed by atoms with Gasteiger partial charge in [-0.15, -0.1) is 0 Å². The molecule has 1 aromatic carbocycles. The molecule has 7 heteroatoms. The maximum Gasteiger partial charge on any atom is 0.255 e. The van der Waals surface area contributed by atoms with Crippen LogP contribution >= 0.6 is 0 Å². The summed E-state index contributed by atoms with van der Waals surface area (Å²) in [5.41, 5.74) is 5.33.